The van der Waals surface area contributed by atoms with Crippen molar-refractivity contribution in [2.45, 2.75) is 32.2 Å². The van der Waals surface area contributed by atoms with E-state index in [-0.39, 0.29) is 11.5 Å². The predicted molar refractivity (Wildman–Crippen MR) is 112 cm³/mol. The molecule has 0 bridgehead atoms. The van der Waals surface area contributed by atoms with Crippen molar-refractivity contribution in [2.75, 3.05) is 6.61 Å². The lowest BCUT2D eigenvalue weighted by atomic mass is 9.86. The van der Waals surface area contributed by atoms with Crippen molar-refractivity contribution in [1.82, 2.24) is 0 Å². The van der Waals surface area contributed by atoms with Crippen LogP contribution in [0.5, 0.6) is 0 Å². The molecular formula is C25H25NO. The van der Waals surface area contributed by atoms with Crippen molar-refractivity contribution in [3.05, 3.63) is 95.6 Å². The largest absolute Gasteiger partial charge is 0.475 e. The van der Waals surface area contributed by atoms with Gasteiger partial charge in [-0.15, -0.1) is 0 Å². The smallest absolute Gasteiger partial charge is 0.217 e. The minimum atomic E-state index is 0.0672. The fourth-order valence-electron chi connectivity index (χ4n) is 3.44. The SMILES string of the molecule is CC(C)(C)c1ccc(-c2ccccc2C2=N[C@@H](c3ccccc3)CO2)cc1. The lowest BCUT2D eigenvalue weighted by molar-refractivity contribution is 0.320. The van der Waals surface area contributed by atoms with E-state index in [0.717, 1.165) is 17.0 Å². The van der Waals surface area contributed by atoms with Gasteiger partial charge in [-0.25, -0.2) is 4.99 Å². The molecule has 0 aliphatic carbocycles. The molecule has 136 valence electrons. The molecule has 0 fully saturated rings. The van der Waals surface area contributed by atoms with Crippen LogP contribution in [0.1, 0.15) is 43.5 Å². The van der Waals surface area contributed by atoms with E-state index in [1.165, 1.54) is 16.7 Å². The Balaban J connectivity index is 1.68. The Kier molecular flexibility index (Phi) is 4.57. The molecule has 1 aliphatic rings. The summed E-state index contributed by atoms with van der Waals surface area (Å²) in [6.07, 6.45) is 0. The van der Waals surface area contributed by atoms with E-state index < -0.39 is 0 Å². The lowest BCUT2D eigenvalue weighted by Gasteiger charge is -2.19. The quantitative estimate of drug-likeness (QED) is 0.550. The molecule has 0 N–H and O–H groups in total. The molecule has 1 heterocycles. The molecule has 0 saturated carbocycles. The van der Waals surface area contributed by atoms with Gasteiger partial charge in [-0.05, 0) is 33.7 Å². The first-order chi connectivity index (χ1) is 13.0. The third kappa shape index (κ3) is 3.66. The molecule has 0 radical (unpaired) electrons. The average molecular weight is 355 g/mol. The van der Waals surface area contributed by atoms with E-state index in [1.54, 1.807) is 0 Å². The first kappa shape index (κ1) is 17.5. The number of hydrogen-bond donors (Lipinski definition) is 0. The van der Waals surface area contributed by atoms with Gasteiger partial charge in [0.25, 0.3) is 0 Å². The van der Waals surface area contributed by atoms with Crippen LogP contribution in [-0.2, 0) is 10.2 Å². The van der Waals surface area contributed by atoms with Gasteiger partial charge in [0.1, 0.15) is 12.6 Å². The van der Waals surface area contributed by atoms with E-state index in [9.17, 15) is 0 Å². The minimum absolute atomic E-state index is 0.0672. The van der Waals surface area contributed by atoms with Crippen molar-refractivity contribution < 1.29 is 4.74 Å². The maximum Gasteiger partial charge on any atom is 0.217 e. The van der Waals surface area contributed by atoms with E-state index in [1.807, 2.05) is 24.3 Å². The molecule has 2 nitrogen and oxygen atoms in total. The van der Waals surface area contributed by atoms with Crippen molar-refractivity contribution in [3.8, 4) is 11.1 Å². The fourth-order valence-corrected chi connectivity index (χ4v) is 3.44. The Morgan fingerprint density at radius 2 is 1.41 bits per heavy atom. The third-order valence-corrected chi connectivity index (χ3v) is 5.05. The van der Waals surface area contributed by atoms with Gasteiger partial charge in [0.15, 0.2) is 0 Å². The molecule has 2 heteroatoms. The second-order valence-corrected chi connectivity index (χ2v) is 8.04. The highest BCUT2D eigenvalue weighted by atomic mass is 16.5. The standard InChI is InChI=1S/C25H25NO/c1-25(2,3)20-15-13-18(14-16-20)21-11-7-8-12-22(21)24-26-23(17-27-24)19-9-5-4-6-10-19/h4-16,23H,17H2,1-3H3/t23-/m1/s1. The summed E-state index contributed by atoms with van der Waals surface area (Å²) >= 11 is 0. The van der Waals surface area contributed by atoms with Crippen LogP contribution in [0.15, 0.2) is 83.9 Å². The molecule has 4 rings (SSSR count). The Labute approximate surface area is 161 Å². The fraction of sp³-hybridized carbons (Fsp3) is 0.240. The zero-order valence-electron chi connectivity index (χ0n) is 16.1. The van der Waals surface area contributed by atoms with Gasteiger partial charge in [-0.3, -0.25) is 0 Å². The number of ether oxygens (including phenoxy) is 1. The molecule has 1 atom stereocenters. The molecule has 0 unspecified atom stereocenters. The van der Waals surface area contributed by atoms with Crippen molar-refractivity contribution in [1.29, 1.82) is 0 Å². The second kappa shape index (κ2) is 7.03. The first-order valence-electron chi connectivity index (χ1n) is 9.48. The van der Waals surface area contributed by atoms with Gasteiger partial charge in [-0.1, -0.05) is 93.6 Å². The number of aliphatic imine (C=N–C) groups is 1. The maximum atomic E-state index is 6.00. The van der Waals surface area contributed by atoms with Gasteiger partial charge in [0, 0.05) is 5.56 Å². The maximum absolute atomic E-state index is 6.00. The normalized spacial score (nSPS) is 16.7. The molecule has 0 aromatic heterocycles. The van der Waals surface area contributed by atoms with Crippen molar-refractivity contribution in [3.63, 3.8) is 0 Å². The zero-order chi connectivity index (χ0) is 18.9. The lowest BCUT2D eigenvalue weighted by Crippen LogP contribution is -2.10. The summed E-state index contributed by atoms with van der Waals surface area (Å²) in [5.74, 6) is 0.736. The minimum Gasteiger partial charge on any atom is -0.475 e. The summed E-state index contributed by atoms with van der Waals surface area (Å²) in [6.45, 7) is 7.30. The van der Waals surface area contributed by atoms with Gasteiger partial charge >= 0.3 is 0 Å². The average Bonchev–Trinajstić information content (AvgIpc) is 3.18. The number of rotatable bonds is 3. The van der Waals surface area contributed by atoms with E-state index in [4.69, 9.17) is 9.73 Å². The van der Waals surface area contributed by atoms with Crippen LogP contribution in [0.4, 0.5) is 0 Å². The first-order valence-corrected chi connectivity index (χ1v) is 9.48. The molecule has 0 saturated heterocycles. The van der Waals surface area contributed by atoms with Crippen LogP contribution in [0.25, 0.3) is 11.1 Å². The Hall–Kier alpha value is -2.87. The summed E-state index contributed by atoms with van der Waals surface area (Å²) in [7, 11) is 0. The predicted octanol–water partition coefficient (Wildman–Crippen LogP) is 6.17. The van der Waals surface area contributed by atoms with Crippen LogP contribution < -0.4 is 0 Å². The van der Waals surface area contributed by atoms with Crippen LogP contribution in [-0.4, -0.2) is 12.5 Å². The van der Waals surface area contributed by atoms with Crippen molar-refractivity contribution in [2.24, 2.45) is 4.99 Å². The van der Waals surface area contributed by atoms with Crippen LogP contribution in [0.3, 0.4) is 0 Å². The molecular weight excluding hydrogens is 330 g/mol. The number of benzene rings is 3. The van der Waals surface area contributed by atoms with Crippen LogP contribution in [0, 0.1) is 0 Å². The summed E-state index contributed by atoms with van der Waals surface area (Å²) in [6, 6.07) is 27.6. The summed E-state index contributed by atoms with van der Waals surface area (Å²) < 4.78 is 6.00. The Morgan fingerprint density at radius 3 is 2.07 bits per heavy atom. The van der Waals surface area contributed by atoms with Gasteiger partial charge in [-0.2, -0.15) is 0 Å². The van der Waals surface area contributed by atoms with Crippen molar-refractivity contribution >= 4 is 5.90 Å². The monoisotopic (exact) mass is 355 g/mol. The topological polar surface area (TPSA) is 21.6 Å². The molecule has 27 heavy (non-hydrogen) atoms. The van der Waals surface area contributed by atoms with E-state index in [0.29, 0.717) is 6.61 Å². The van der Waals surface area contributed by atoms with Gasteiger partial charge in [0.05, 0.1) is 0 Å². The molecule has 0 spiro atoms. The van der Waals surface area contributed by atoms with Crippen LogP contribution >= 0.6 is 0 Å². The zero-order valence-corrected chi connectivity index (χ0v) is 16.1. The molecule has 0 amide bonds. The van der Waals surface area contributed by atoms with Gasteiger partial charge in [0.2, 0.25) is 5.90 Å². The van der Waals surface area contributed by atoms with Crippen LogP contribution in [0.2, 0.25) is 0 Å². The second-order valence-electron chi connectivity index (χ2n) is 8.04. The summed E-state index contributed by atoms with van der Waals surface area (Å²) in [4.78, 5) is 4.87. The number of nitrogens with zero attached hydrogens (tertiary/aromatic N) is 1. The summed E-state index contributed by atoms with van der Waals surface area (Å²) in [5, 5.41) is 0. The summed E-state index contributed by atoms with van der Waals surface area (Å²) in [5.41, 5.74) is 6.08. The molecule has 3 aromatic carbocycles. The highest BCUT2D eigenvalue weighted by Gasteiger charge is 2.23. The highest BCUT2D eigenvalue weighted by molar-refractivity contribution is 6.01. The Bertz CT molecular complexity index is 950. The van der Waals surface area contributed by atoms with Gasteiger partial charge < -0.3 is 4.74 Å². The highest BCUT2D eigenvalue weighted by Crippen LogP contribution is 2.31. The Morgan fingerprint density at radius 1 is 0.778 bits per heavy atom. The van der Waals surface area contributed by atoms with E-state index in [2.05, 4.69) is 75.4 Å². The third-order valence-electron chi connectivity index (χ3n) is 5.05. The number of hydrogen-bond acceptors (Lipinski definition) is 2. The molecule has 3 aromatic rings. The van der Waals surface area contributed by atoms with E-state index >= 15 is 0 Å². The molecule has 1 aliphatic heterocycles.